The van der Waals surface area contributed by atoms with E-state index < -0.39 is 10.0 Å². The summed E-state index contributed by atoms with van der Waals surface area (Å²) in [4.78, 5) is 3.64. The van der Waals surface area contributed by atoms with Crippen molar-refractivity contribution in [2.24, 2.45) is 9.81 Å². The summed E-state index contributed by atoms with van der Waals surface area (Å²) in [6.45, 7) is 5.62. The number of nitrogens with zero attached hydrogens (tertiary/aromatic N) is 2. The first kappa shape index (κ1) is 9.39. The summed E-state index contributed by atoms with van der Waals surface area (Å²) in [5.74, 6) is 0.275. The molecule has 0 spiro atoms. The first-order valence-corrected chi connectivity index (χ1v) is 5.56. The Labute approximate surface area is 81.9 Å². The first-order valence-electron chi connectivity index (χ1n) is 4.12. The molecule has 1 aliphatic heterocycles. The summed E-state index contributed by atoms with van der Waals surface area (Å²) in [6.07, 6.45) is 1.13. The van der Waals surface area contributed by atoms with Crippen LogP contribution in [0.15, 0.2) is 20.2 Å². The van der Waals surface area contributed by atoms with Crippen molar-refractivity contribution >= 4 is 15.7 Å². The van der Waals surface area contributed by atoms with Gasteiger partial charge >= 0.3 is 10.0 Å². The summed E-state index contributed by atoms with van der Waals surface area (Å²) < 4.78 is 31.6. The number of sulfonamides is 1. The van der Waals surface area contributed by atoms with Gasteiger partial charge in [-0.2, -0.15) is 12.8 Å². The maximum Gasteiger partial charge on any atom is 0.304 e. The van der Waals surface area contributed by atoms with Crippen LogP contribution in [-0.2, 0) is 10.0 Å². The quantitative estimate of drug-likeness (QED) is 0.650. The van der Waals surface area contributed by atoms with Gasteiger partial charge in [-0.05, 0) is 0 Å². The number of aromatic nitrogens is 1. The molecule has 0 bridgehead atoms. The van der Waals surface area contributed by atoms with Crippen LogP contribution in [0.4, 0.5) is 0 Å². The van der Waals surface area contributed by atoms with Gasteiger partial charge in [0.15, 0.2) is 12.2 Å². The number of hydrogen-bond acceptors (Lipinski definition) is 4. The molecule has 2 rings (SSSR count). The maximum atomic E-state index is 11.5. The molecule has 76 valence electrons. The molecule has 1 aliphatic rings. The van der Waals surface area contributed by atoms with Crippen LogP contribution in [0.1, 0.15) is 26.5 Å². The molecule has 0 saturated heterocycles. The van der Waals surface area contributed by atoms with Crippen LogP contribution in [-0.4, -0.2) is 19.1 Å². The van der Waals surface area contributed by atoms with E-state index in [-0.39, 0.29) is 16.2 Å². The van der Waals surface area contributed by atoms with E-state index in [9.17, 15) is 8.42 Å². The monoisotopic (exact) mass is 214 g/mol. The van der Waals surface area contributed by atoms with Gasteiger partial charge in [0.2, 0.25) is 5.03 Å². The highest BCUT2D eigenvalue weighted by atomic mass is 32.2. The zero-order valence-electron chi connectivity index (χ0n) is 8.10. The van der Waals surface area contributed by atoms with Crippen molar-refractivity contribution in [2.45, 2.75) is 25.8 Å². The molecule has 0 atom stereocenters. The van der Waals surface area contributed by atoms with Gasteiger partial charge in [0.1, 0.15) is 5.71 Å². The third-order valence-corrected chi connectivity index (χ3v) is 3.12. The van der Waals surface area contributed by atoms with Crippen LogP contribution in [0.3, 0.4) is 0 Å². The topological polar surface area (TPSA) is 72.5 Å². The van der Waals surface area contributed by atoms with E-state index in [2.05, 4.69) is 9.38 Å². The lowest BCUT2D eigenvalue weighted by Crippen LogP contribution is -2.19. The molecule has 0 fully saturated rings. The second-order valence-corrected chi connectivity index (χ2v) is 5.67. The van der Waals surface area contributed by atoms with Crippen LogP contribution >= 0.6 is 0 Å². The van der Waals surface area contributed by atoms with Crippen molar-refractivity contribution < 1.29 is 12.8 Å². The molecule has 0 radical (unpaired) electrons. The molecule has 5 nitrogen and oxygen atoms in total. The first-order chi connectivity index (χ1) is 6.32. The second-order valence-electron chi connectivity index (χ2n) is 4.15. The Morgan fingerprint density at radius 1 is 1.36 bits per heavy atom. The highest BCUT2D eigenvalue weighted by Gasteiger charge is 2.39. The fourth-order valence-corrected chi connectivity index (χ4v) is 2.50. The van der Waals surface area contributed by atoms with Gasteiger partial charge < -0.3 is 4.42 Å². The summed E-state index contributed by atoms with van der Waals surface area (Å²) in [7, 11) is -3.61. The van der Waals surface area contributed by atoms with E-state index in [1.54, 1.807) is 0 Å². The Morgan fingerprint density at radius 3 is 2.57 bits per heavy atom. The van der Waals surface area contributed by atoms with Crippen LogP contribution in [0.2, 0.25) is 0 Å². The van der Waals surface area contributed by atoms with E-state index in [0.717, 1.165) is 6.39 Å². The van der Waals surface area contributed by atoms with Gasteiger partial charge in [-0.3, -0.25) is 0 Å². The van der Waals surface area contributed by atoms with Gasteiger partial charge in [0, 0.05) is 5.41 Å². The smallest absolute Gasteiger partial charge is 0.304 e. The Hall–Kier alpha value is -1.17. The van der Waals surface area contributed by atoms with Crippen molar-refractivity contribution in [1.82, 2.24) is 4.98 Å². The normalized spacial score (nSPS) is 19.2. The zero-order chi connectivity index (χ0) is 10.6. The van der Waals surface area contributed by atoms with Crippen LogP contribution < -0.4 is 0 Å². The van der Waals surface area contributed by atoms with E-state index >= 15 is 0 Å². The highest BCUT2D eigenvalue weighted by Crippen LogP contribution is 2.32. The Balaban J connectivity index is 2.72. The minimum atomic E-state index is -3.61. The van der Waals surface area contributed by atoms with Crippen molar-refractivity contribution in [3.63, 3.8) is 0 Å². The average molecular weight is 214 g/mol. The number of rotatable bonds is 0. The third kappa shape index (κ3) is 1.18. The molecule has 2 heterocycles. The molecule has 0 amide bonds. The van der Waals surface area contributed by atoms with Crippen LogP contribution in [0, 0.1) is 5.41 Å². The lowest BCUT2D eigenvalue weighted by Gasteiger charge is -2.15. The molecule has 0 N–H and O–H groups in total. The summed E-state index contributed by atoms with van der Waals surface area (Å²) in [6, 6.07) is 0. The summed E-state index contributed by atoms with van der Waals surface area (Å²) in [5, 5.41) is -0.0672. The molecule has 1 aromatic rings. The fourth-order valence-electron chi connectivity index (χ4n) is 1.26. The van der Waals surface area contributed by atoms with E-state index in [0.29, 0.717) is 5.71 Å². The number of oxazole rings is 1. The lowest BCUT2D eigenvalue weighted by atomic mass is 9.89. The number of hydrogen-bond donors (Lipinski definition) is 0. The van der Waals surface area contributed by atoms with Gasteiger partial charge in [-0.1, -0.05) is 20.8 Å². The van der Waals surface area contributed by atoms with Crippen molar-refractivity contribution in [1.29, 1.82) is 0 Å². The average Bonchev–Trinajstić information content (AvgIpc) is 2.51. The van der Waals surface area contributed by atoms with E-state index in [1.165, 1.54) is 0 Å². The minimum Gasteiger partial charge on any atom is -0.441 e. The maximum absolute atomic E-state index is 11.5. The predicted molar refractivity (Wildman–Crippen MR) is 49.7 cm³/mol. The molecule has 6 heteroatoms. The summed E-state index contributed by atoms with van der Waals surface area (Å²) in [5.41, 5.74) is 0.0719. The van der Waals surface area contributed by atoms with Crippen LogP contribution in [0.25, 0.3) is 0 Å². The molecular weight excluding hydrogens is 204 g/mol. The fraction of sp³-hybridized carbons (Fsp3) is 0.500. The van der Waals surface area contributed by atoms with Crippen molar-refractivity contribution in [3.05, 3.63) is 12.2 Å². The summed E-state index contributed by atoms with van der Waals surface area (Å²) >= 11 is 0. The van der Waals surface area contributed by atoms with Crippen molar-refractivity contribution in [2.75, 3.05) is 0 Å². The highest BCUT2D eigenvalue weighted by molar-refractivity contribution is 7.90. The van der Waals surface area contributed by atoms with E-state index in [4.69, 9.17) is 4.42 Å². The number of fused-ring (bicyclic) bond motifs is 1. The molecule has 1 aromatic heterocycles. The minimum absolute atomic E-state index is 0.0672. The Kier molecular flexibility index (Phi) is 1.64. The Bertz CT molecular complexity index is 505. The van der Waals surface area contributed by atoms with Gasteiger partial charge in [-0.15, -0.1) is 0 Å². The lowest BCUT2D eigenvalue weighted by molar-refractivity contribution is 0.518. The standard InChI is InChI=1S/C8H10N2O3S/c1-8(2,3)6-5-7(9-4-13-5)14(11,12)10-6/h4H,1-3H3. The zero-order valence-corrected chi connectivity index (χ0v) is 8.92. The SMILES string of the molecule is CC(C)(C)C1=NS(=O)(=O)c2ncoc21. The largest absolute Gasteiger partial charge is 0.441 e. The van der Waals surface area contributed by atoms with Crippen LogP contribution in [0.5, 0.6) is 0 Å². The van der Waals surface area contributed by atoms with Crippen molar-refractivity contribution in [3.8, 4) is 0 Å². The molecule has 0 saturated carbocycles. The van der Waals surface area contributed by atoms with Gasteiger partial charge in [0.05, 0.1) is 0 Å². The van der Waals surface area contributed by atoms with Gasteiger partial charge in [0.25, 0.3) is 0 Å². The molecular formula is C8H10N2O3S. The molecule has 0 aromatic carbocycles. The molecule has 0 unspecified atom stereocenters. The molecule has 14 heavy (non-hydrogen) atoms. The second kappa shape index (κ2) is 2.44. The Morgan fingerprint density at radius 2 is 2.00 bits per heavy atom. The third-order valence-electron chi connectivity index (χ3n) is 1.92. The van der Waals surface area contributed by atoms with Gasteiger partial charge in [-0.25, -0.2) is 4.98 Å². The van der Waals surface area contributed by atoms with E-state index in [1.807, 2.05) is 20.8 Å². The molecule has 0 aliphatic carbocycles. The predicted octanol–water partition coefficient (Wildman–Crippen LogP) is 1.21.